The molecule has 3 heterocycles. The number of aryl methyl sites for hydroxylation is 3. The van der Waals surface area contributed by atoms with E-state index in [0.29, 0.717) is 36.6 Å². The van der Waals surface area contributed by atoms with Crippen molar-refractivity contribution in [2.75, 3.05) is 19.7 Å². The third kappa shape index (κ3) is 3.23. The van der Waals surface area contributed by atoms with Crippen LogP contribution in [0.2, 0.25) is 0 Å². The Morgan fingerprint density at radius 3 is 2.64 bits per heavy atom. The number of rotatable bonds is 5. The van der Waals surface area contributed by atoms with Crippen LogP contribution in [-0.4, -0.2) is 52.0 Å². The van der Waals surface area contributed by atoms with Crippen LogP contribution in [0.5, 0.6) is 0 Å². The number of aromatic nitrogens is 4. The molecule has 1 saturated heterocycles. The molecule has 0 aliphatic carbocycles. The Morgan fingerprint density at radius 1 is 1.28 bits per heavy atom. The average molecular weight is 367 g/mol. The van der Waals surface area contributed by atoms with Crippen LogP contribution in [0.15, 0.2) is 17.3 Å². The van der Waals surface area contributed by atoms with Crippen LogP contribution in [0.4, 0.5) is 0 Å². The van der Waals surface area contributed by atoms with Crippen LogP contribution in [0, 0.1) is 0 Å². The van der Waals surface area contributed by atoms with Crippen molar-refractivity contribution in [3.8, 4) is 0 Å². The molecule has 1 aliphatic heterocycles. The summed E-state index contributed by atoms with van der Waals surface area (Å²) >= 11 is 0. The summed E-state index contributed by atoms with van der Waals surface area (Å²) in [6.07, 6.45) is 4.48. The zero-order valence-electron chi connectivity index (χ0n) is 15.1. The molecule has 0 amide bonds. The lowest BCUT2D eigenvalue weighted by Gasteiger charge is -2.32. The Balaban J connectivity index is 1.95. The van der Waals surface area contributed by atoms with Crippen molar-refractivity contribution in [3.63, 3.8) is 0 Å². The smallest absolute Gasteiger partial charge is 0.246 e. The SMILES string of the molecule is CCc1nn(C)c(CC)c1S(=O)(=O)N1CCO[C@H](c2cnn(C)c2)C1. The molecule has 0 bridgehead atoms. The van der Waals surface area contributed by atoms with Gasteiger partial charge in [-0.25, -0.2) is 8.42 Å². The van der Waals surface area contributed by atoms with Gasteiger partial charge in [-0.15, -0.1) is 0 Å². The van der Waals surface area contributed by atoms with E-state index < -0.39 is 10.0 Å². The highest BCUT2D eigenvalue weighted by Gasteiger charge is 2.36. The van der Waals surface area contributed by atoms with E-state index in [0.717, 1.165) is 11.3 Å². The Kier molecular flexibility index (Phi) is 4.99. The van der Waals surface area contributed by atoms with E-state index in [1.807, 2.05) is 27.1 Å². The van der Waals surface area contributed by atoms with Gasteiger partial charge in [-0.1, -0.05) is 13.8 Å². The van der Waals surface area contributed by atoms with Crippen LogP contribution in [0.3, 0.4) is 0 Å². The van der Waals surface area contributed by atoms with Crippen molar-refractivity contribution >= 4 is 10.0 Å². The van der Waals surface area contributed by atoms with Gasteiger partial charge in [0.15, 0.2) is 0 Å². The van der Waals surface area contributed by atoms with Crippen LogP contribution in [0.1, 0.15) is 36.9 Å². The van der Waals surface area contributed by atoms with E-state index in [1.54, 1.807) is 22.6 Å². The van der Waals surface area contributed by atoms with Crippen LogP contribution >= 0.6 is 0 Å². The molecule has 0 spiro atoms. The van der Waals surface area contributed by atoms with Gasteiger partial charge in [0.25, 0.3) is 0 Å². The Labute approximate surface area is 148 Å². The maximum atomic E-state index is 13.3. The van der Waals surface area contributed by atoms with Gasteiger partial charge in [0, 0.05) is 38.9 Å². The molecule has 9 heteroatoms. The van der Waals surface area contributed by atoms with Gasteiger partial charge < -0.3 is 4.74 Å². The first-order chi connectivity index (χ1) is 11.9. The van der Waals surface area contributed by atoms with Crippen LogP contribution < -0.4 is 0 Å². The van der Waals surface area contributed by atoms with Crippen molar-refractivity contribution in [1.82, 2.24) is 23.9 Å². The summed E-state index contributed by atoms with van der Waals surface area (Å²) in [6.45, 7) is 4.88. The molecule has 0 unspecified atom stereocenters. The Bertz CT molecular complexity index is 855. The number of nitrogens with zero attached hydrogens (tertiary/aromatic N) is 5. The fourth-order valence-corrected chi connectivity index (χ4v) is 5.26. The molecule has 0 radical (unpaired) electrons. The highest BCUT2D eigenvalue weighted by Crippen LogP contribution is 2.29. The minimum absolute atomic E-state index is 0.287. The molecular formula is C16H25N5O3S. The van der Waals surface area contributed by atoms with Gasteiger partial charge >= 0.3 is 0 Å². The number of sulfonamides is 1. The molecule has 8 nitrogen and oxygen atoms in total. The summed E-state index contributed by atoms with van der Waals surface area (Å²) in [7, 11) is 0.0132. The highest BCUT2D eigenvalue weighted by molar-refractivity contribution is 7.89. The van der Waals surface area contributed by atoms with Crippen molar-refractivity contribution in [3.05, 3.63) is 29.3 Å². The van der Waals surface area contributed by atoms with Gasteiger partial charge in [0.1, 0.15) is 4.90 Å². The maximum absolute atomic E-state index is 13.3. The molecule has 1 atom stereocenters. The third-order valence-corrected chi connectivity index (χ3v) is 6.58. The minimum atomic E-state index is -3.62. The molecule has 0 N–H and O–H groups in total. The fraction of sp³-hybridized carbons (Fsp3) is 0.625. The number of morpholine rings is 1. The second-order valence-corrected chi connectivity index (χ2v) is 8.10. The van der Waals surface area contributed by atoms with E-state index in [1.165, 1.54) is 4.31 Å². The zero-order valence-corrected chi connectivity index (χ0v) is 16.0. The number of hydrogen-bond donors (Lipinski definition) is 0. The van der Waals surface area contributed by atoms with E-state index in [4.69, 9.17) is 4.74 Å². The Hall–Kier alpha value is -1.71. The molecule has 25 heavy (non-hydrogen) atoms. The first kappa shape index (κ1) is 18.1. The second kappa shape index (κ2) is 6.89. The van der Waals surface area contributed by atoms with E-state index in [2.05, 4.69) is 10.2 Å². The summed E-state index contributed by atoms with van der Waals surface area (Å²) < 4.78 is 37.3. The molecule has 0 saturated carbocycles. The van der Waals surface area contributed by atoms with Gasteiger partial charge in [0.2, 0.25) is 10.0 Å². The lowest BCUT2D eigenvalue weighted by Crippen LogP contribution is -2.42. The maximum Gasteiger partial charge on any atom is 0.246 e. The normalized spacial score (nSPS) is 19.4. The van der Waals surface area contributed by atoms with Crippen LogP contribution in [0.25, 0.3) is 0 Å². The van der Waals surface area contributed by atoms with E-state index >= 15 is 0 Å². The van der Waals surface area contributed by atoms with Gasteiger partial charge in [-0.2, -0.15) is 14.5 Å². The third-order valence-electron chi connectivity index (χ3n) is 4.58. The standard InChI is InChI=1S/C16H25N5O3S/c1-5-13-16(14(6-2)20(4)18-13)25(22,23)21-7-8-24-15(11-21)12-9-17-19(3)10-12/h9-10,15H,5-8,11H2,1-4H3/t15-/m0/s1. The molecule has 1 aliphatic rings. The molecule has 2 aromatic rings. The largest absolute Gasteiger partial charge is 0.371 e. The summed E-state index contributed by atoms with van der Waals surface area (Å²) in [5.74, 6) is 0. The fourth-order valence-electron chi connectivity index (χ4n) is 3.30. The predicted molar refractivity (Wildman–Crippen MR) is 92.6 cm³/mol. The van der Waals surface area contributed by atoms with Gasteiger partial charge in [-0.3, -0.25) is 9.36 Å². The summed E-state index contributed by atoms with van der Waals surface area (Å²) in [5, 5.41) is 8.56. The lowest BCUT2D eigenvalue weighted by atomic mass is 10.2. The molecule has 2 aromatic heterocycles. The lowest BCUT2D eigenvalue weighted by molar-refractivity contribution is -0.00262. The summed E-state index contributed by atoms with van der Waals surface area (Å²) in [4.78, 5) is 0.367. The number of ether oxygens (including phenoxy) is 1. The first-order valence-corrected chi connectivity index (χ1v) is 9.97. The van der Waals surface area contributed by atoms with Crippen molar-refractivity contribution in [2.45, 2.75) is 37.7 Å². The monoisotopic (exact) mass is 367 g/mol. The average Bonchev–Trinajstić information content (AvgIpc) is 3.18. The molecular weight excluding hydrogens is 342 g/mol. The molecule has 138 valence electrons. The van der Waals surface area contributed by atoms with Crippen molar-refractivity contribution in [1.29, 1.82) is 0 Å². The molecule has 0 aromatic carbocycles. The second-order valence-electron chi connectivity index (χ2n) is 6.22. The van der Waals surface area contributed by atoms with Crippen molar-refractivity contribution < 1.29 is 13.2 Å². The van der Waals surface area contributed by atoms with Crippen molar-refractivity contribution in [2.24, 2.45) is 14.1 Å². The molecule has 3 rings (SSSR count). The summed E-state index contributed by atoms with van der Waals surface area (Å²) in [6, 6.07) is 0. The minimum Gasteiger partial charge on any atom is -0.371 e. The predicted octanol–water partition coefficient (Wildman–Crippen LogP) is 1.04. The quantitative estimate of drug-likeness (QED) is 0.789. The van der Waals surface area contributed by atoms with Crippen LogP contribution in [-0.2, 0) is 41.7 Å². The van der Waals surface area contributed by atoms with Gasteiger partial charge in [-0.05, 0) is 12.8 Å². The first-order valence-electron chi connectivity index (χ1n) is 8.53. The van der Waals surface area contributed by atoms with E-state index in [-0.39, 0.29) is 12.6 Å². The van der Waals surface area contributed by atoms with E-state index in [9.17, 15) is 8.42 Å². The number of hydrogen-bond acceptors (Lipinski definition) is 5. The van der Waals surface area contributed by atoms with Gasteiger partial charge in [0.05, 0.1) is 30.3 Å². The highest BCUT2D eigenvalue weighted by atomic mass is 32.2. The zero-order chi connectivity index (χ0) is 18.2. The topological polar surface area (TPSA) is 82.2 Å². The molecule has 1 fully saturated rings. The Morgan fingerprint density at radius 2 is 2.04 bits per heavy atom. The summed E-state index contributed by atoms with van der Waals surface area (Å²) in [5.41, 5.74) is 2.27.